The Hall–Kier alpha value is -1.72. The zero-order chi connectivity index (χ0) is 14.5. The average molecular weight is 337 g/mol. The van der Waals surface area contributed by atoms with Crippen molar-refractivity contribution in [3.63, 3.8) is 0 Å². The number of nitrogen functional groups attached to an aromatic ring is 1. The van der Waals surface area contributed by atoms with Gasteiger partial charge in [0.2, 0.25) is 0 Å². The Kier molecular flexibility index (Phi) is 4.87. The van der Waals surface area contributed by atoms with Gasteiger partial charge in [0.25, 0.3) is 0 Å². The van der Waals surface area contributed by atoms with Crippen molar-refractivity contribution in [2.75, 3.05) is 0 Å². The fraction of sp³-hybridized carbons (Fsp3) is 0.133. The lowest BCUT2D eigenvalue weighted by Gasteiger charge is -2.07. The van der Waals surface area contributed by atoms with Crippen LogP contribution in [0.1, 0.15) is 16.7 Å². The van der Waals surface area contributed by atoms with Crippen LogP contribution in [-0.2, 0) is 18.0 Å². The minimum absolute atomic E-state index is 0.155. The molecule has 5 heteroatoms. The van der Waals surface area contributed by atoms with Crippen LogP contribution in [0.4, 0.5) is 4.39 Å². The number of hydrogen-bond acceptors (Lipinski definition) is 2. The number of hydrogen-bond donors (Lipinski definition) is 2. The second-order valence-electron chi connectivity index (χ2n) is 4.38. The summed E-state index contributed by atoms with van der Waals surface area (Å²) in [5.41, 5.74) is 7.41. The van der Waals surface area contributed by atoms with Crippen molar-refractivity contribution in [1.82, 2.24) is 0 Å². The van der Waals surface area contributed by atoms with Crippen LogP contribution in [0.15, 0.2) is 46.9 Å². The van der Waals surface area contributed by atoms with E-state index in [0.717, 1.165) is 10.0 Å². The molecule has 0 fully saturated rings. The van der Waals surface area contributed by atoms with E-state index in [0.29, 0.717) is 17.7 Å². The number of benzene rings is 2. The van der Waals surface area contributed by atoms with E-state index in [9.17, 15) is 4.39 Å². The van der Waals surface area contributed by atoms with Crippen LogP contribution in [0.2, 0.25) is 0 Å². The zero-order valence-electron chi connectivity index (χ0n) is 10.7. The molecular formula is C15H14BrFN2O. The van der Waals surface area contributed by atoms with Gasteiger partial charge in [-0.15, -0.1) is 0 Å². The van der Waals surface area contributed by atoms with Crippen molar-refractivity contribution in [3.05, 3.63) is 69.4 Å². The van der Waals surface area contributed by atoms with E-state index in [1.54, 1.807) is 6.07 Å². The van der Waals surface area contributed by atoms with Gasteiger partial charge in [-0.25, -0.2) is 4.39 Å². The van der Waals surface area contributed by atoms with E-state index in [-0.39, 0.29) is 12.4 Å². The van der Waals surface area contributed by atoms with Crippen LogP contribution in [0, 0.1) is 11.2 Å². The number of halogens is 2. The summed E-state index contributed by atoms with van der Waals surface area (Å²) >= 11 is 3.39. The fourth-order valence-electron chi connectivity index (χ4n) is 1.80. The summed E-state index contributed by atoms with van der Waals surface area (Å²) in [4.78, 5) is 0. The Labute approximate surface area is 125 Å². The Morgan fingerprint density at radius 1 is 1.15 bits per heavy atom. The van der Waals surface area contributed by atoms with Gasteiger partial charge in [0, 0.05) is 10.0 Å². The Morgan fingerprint density at radius 3 is 2.60 bits per heavy atom. The summed E-state index contributed by atoms with van der Waals surface area (Å²) < 4.78 is 19.9. The molecule has 0 amide bonds. The first-order valence-corrected chi connectivity index (χ1v) is 6.80. The predicted molar refractivity (Wildman–Crippen MR) is 80.1 cm³/mol. The van der Waals surface area contributed by atoms with Crippen LogP contribution in [0.3, 0.4) is 0 Å². The van der Waals surface area contributed by atoms with Crippen LogP contribution in [0.5, 0.6) is 0 Å². The van der Waals surface area contributed by atoms with Crippen LogP contribution < -0.4 is 5.73 Å². The molecule has 0 aliphatic heterocycles. The molecule has 104 valence electrons. The van der Waals surface area contributed by atoms with Crippen molar-refractivity contribution < 1.29 is 9.13 Å². The lowest BCUT2D eigenvalue weighted by Crippen LogP contribution is -2.12. The lowest BCUT2D eigenvalue weighted by molar-refractivity contribution is 0.107. The van der Waals surface area contributed by atoms with Gasteiger partial charge in [0.05, 0.1) is 13.2 Å². The molecule has 0 unspecified atom stereocenters. The van der Waals surface area contributed by atoms with E-state index in [1.807, 2.05) is 24.3 Å². The highest BCUT2D eigenvalue weighted by atomic mass is 79.9. The number of ether oxygens (including phenoxy) is 1. The first-order chi connectivity index (χ1) is 9.54. The minimum Gasteiger partial charge on any atom is -0.384 e. The third-order valence-corrected chi connectivity index (χ3v) is 3.19. The SMILES string of the molecule is N=C(N)c1cc(F)cc(COCc2cccc(Br)c2)c1. The highest BCUT2D eigenvalue weighted by Gasteiger charge is 2.04. The molecule has 0 heterocycles. The third kappa shape index (κ3) is 4.15. The predicted octanol–water partition coefficient (Wildman–Crippen LogP) is 3.59. The van der Waals surface area contributed by atoms with Crippen molar-refractivity contribution >= 4 is 21.8 Å². The zero-order valence-corrected chi connectivity index (χ0v) is 12.3. The molecule has 3 nitrogen and oxygen atoms in total. The molecule has 3 N–H and O–H groups in total. The normalized spacial score (nSPS) is 10.5. The topological polar surface area (TPSA) is 59.1 Å². The number of nitrogens with two attached hydrogens (primary N) is 1. The Balaban J connectivity index is 1.99. The first kappa shape index (κ1) is 14.7. The molecular weight excluding hydrogens is 323 g/mol. The summed E-state index contributed by atoms with van der Waals surface area (Å²) in [7, 11) is 0. The monoisotopic (exact) mass is 336 g/mol. The van der Waals surface area contributed by atoms with Crippen LogP contribution in [-0.4, -0.2) is 5.84 Å². The van der Waals surface area contributed by atoms with Gasteiger partial charge >= 0.3 is 0 Å². The first-order valence-electron chi connectivity index (χ1n) is 6.00. The maximum absolute atomic E-state index is 13.4. The standard InChI is InChI=1S/C15H14BrFN2O/c16-13-3-1-2-10(5-13)8-20-9-11-4-12(15(18)19)7-14(17)6-11/h1-7H,8-9H2,(H3,18,19). The van der Waals surface area contributed by atoms with E-state index in [1.165, 1.54) is 12.1 Å². The number of nitrogens with one attached hydrogen (secondary N) is 1. The van der Waals surface area contributed by atoms with Gasteiger partial charge in [-0.2, -0.15) is 0 Å². The van der Waals surface area contributed by atoms with Crippen molar-refractivity contribution in [2.45, 2.75) is 13.2 Å². The van der Waals surface area contributed by atoms with Crippen molar-refractivity contribution in [2.24, 2.45) is 5.73 Å². The van der Waals surface area contributed by atoms with Crippen molar-refractivity contribution in [1.29, 1.82) is 5.41 Å². The molecule has 0 radical (unpaired) electrons. The molecule has 0 atom stereocenters. The Bertz CT molecular complexity index is 631. The minimum atomic E-state index is -0.418. The highest BCUT2D eigenvalue weighted by Crippen LogP contribution is 2.14. The van der Waals surface area contributed by atoms with Gasteiger partial charge in [-0.05, 0) is 41.5 Å². The lowest BCUT2D eigenvalue weighted by atomic mass is 10.1. The molecule has 0 bridgehead atoms. The van der Waals surface area contributed by atoms with E-state index in [2.05, 4.69) is 15.9 Å². The van der Waals surface area contributed by atoms with Gasteiger partial charge in [0.15, 0.2) is 0 Å². The van der Waals surface area contributed by atoms with Crippen LogP contribution in [0.25, 0.3) is 0 Å². The van der Waals surface area contributed by atoms with Gasteiger partial charge < -0.3 is 10.5 Å². The quantitative estimate of drug-likeness (QED) is 0.647. The maximum Gasteiger partial charge on any atom is 0.124 e. The second-order valence-corrected chi connectivity index (χ2v) is 5.30. The summed E-state index contributed by atoms with van der Waals surface area (Å²) in [6, 6.07) is 12.1. The summed E-state index contributed by atoms with van der Waals surface area (Å²) in [6.45, 7) is 0.704. The summed E-state index contributed by atoms with van der Waals surface area (Å²) in [6.07, 6.45) is 0. The second kappa shape index (κ2) is 6.63. The fourth-order valence-corrected chi connectivity index (χ4v) is 2.25. The largest absolute Gasteiger partial charge is 0.384 e. The number of rotatable bonds is 5. The van der Waals surface area contributed by atoms with Gasteiger partial charge in [-0.3, -0.25) is 5.41 Å². The molecule has 2 aromatic rings. The molecule has 0 saturated carbocycles. The van der Waals surface area contributed by atoms with E-state index in [4.69, 9.17) is 15.9 Å². The number of amidine groups is 1. The molecule has 0 saturated heterocycles. The van der Waals surface area contributed by atoms with E-state index < -0.39 is 5.82 Å². The average Bonchev–Trinajstić information content (AvgIpc) is 2.38. The molecule has 20 heavy (non-hydrogen) atoms. The van der Waals surface area contributed by atoms with Crippen molar-refractivity contribution in [3.8, 4) is 0 Å². The van der Waals surface area contributed by atoms with Gasteiger partial charge in [0.1, 0.15) is 11.7 Å². The van der Waals surface area contributed by atoms with E-state index >= 15 is 0 Å². The summed E-state index contributed by atoms with van der Waals surface area (Å²) in [5, 5.41) is 7.33. The maximum atomic E-state index is 13.4. The third-order valence-electron chi connectivity index (χ3n) is 2.70. The molecule has 0 aromatic heterocycles. The molecule has 2 aromatic carbocycles. The molecule has 0 aliphatic rings. The molecule has 0 aliphatic carbocycles. The summed E-state index contributed by atoms with van der Waals surface area (Å²) in [5.74, 6) is -0.573. The van der Waals surface area contributed by atoms with Gasteiger partial charge in [-0.1, -0.05) is 28.1 Å². The van der Waals surface area contributed by atoms with Crippen LogP contribution >= 0.6 is 15.9 Å². The highest BCUT2D eigenvalue weighted by molar-refractivity contribution is 9.10. The smallest absolute Gasteiger partial charge is 0.124 e. The molecule has 2 rings (SSSR count). The molecule has 0 spiro atoms. The Morgan fingerprint density at radius 2 is 1.90 bits per heavy atom.